The molecule has 4 heteroatoms. The Hall–Kier alpha value is -2.10. The summed E-state index contributed by atoms with van der Waals surface area (Å²) in [6.07, 6.45) is 4.49. The fourth-order valence-electron chi connectivity index (χ4n) is 2.33. The summed E-state index contributed by atoms with van der Waals surface area (Å²) in [4.78, 5) is 11.9. The van der Waals surface area contributed by atoms with E-state index in [9.17, 15) is 4.79 Å². The van der Waals surface area contributed by atoms with Gasteiger partial charge in [-0.1, -0.05) is 12.1 Å². The number of rotatable bonds is 0. The molecule has 1 aromatic carbocycles. The first-order valence-electron chi connectivity index (χ1n) is 5.99. The van der Waals surface area contributed by atoms with Gasteiger partial charge in [-0.05, 0) is 42.2 Å². The summed E-state index contributed by atoms with van der Waals surface area (Å²) >= 11 is 0. The fourth-order valence-corrected chi connectivity index (χ4v) is 2.33. The first kappa shape index (κ1) is 11.0. The molecule has 92 valence electrons. The fraction of sp³-hybridized carbons (Fsp3) is 0.286. The molecule has 18 heavy (non-hydrogen) atoms. The maximum Gasteiger partial charge on any atom is 0.349 e. The van der Waals surface area contributed by atoms with Gasteiger partial charge in [-0.25, -0.2) is 9.48 Å². The minimum Gasteiger partial charge on any atom is -0.253 e. The molecular weight excluding hydrogens is 226 g/mol. The highest BCUT2D eigenvalue weighted by Crippen LogP contribution is 2.22. The molecule has 0 amide bonds. The second-order valence-electron chi connectivity index (χ2n) is 4.82. The van der Waals surface area contributed by atoms with Crippen LogP contribution >= 0.6 is 0 Å². The van der Waals surface area contributed by atoms with E-state index in [1.165, 1.54) is 26.9 Å². The van der Waals surface area contributed by atoms with E-state index < -0.39 is 0 Å². The number of aromatic nitrogens is 3. The van der Waals surface area contributed by atoms with Crippen molar-refractivity contribution in [3.05, 3.63) is 50.7 Å². The summed E-state index contributed by atoms with van der Waals surface area (Å²) in [5.74, 6) is 0.792. The van der Waals surface area contributed by atoms with Gasteiger partial charge in [0.05, 0.1) is 0 Å². The highest BCUT2D eigenvalue weighted by Gasteiger charge is 2.15. The number of nitrogens with zero attached hydrogens (tertiary/aromatic N) is 3. The van der Waals surface area contributed by atoms with Crippen LogP contribution in [0.15, 0.2) is 16.9 Å². The molecule has 0 spiro atoms. The Morgan fingerprint density at radius 1 is 1.22 bits per heavy atom. The zero-order chi connectivity index (χ0) is 12.9. The molecule has 0 fully saturated rings. The average molecular weight is 241 g/mol. The number of benzene rings is 1. The van der Waals surface area contributed by atoms with Crippen molar-refractivity contribution in [2.75, 3.05) is 0 Å². The van der Waals surface area contributed by atoms with Crippen molar-refractivity contribution in [3.8, 4) is 0 Å². The molecule has 2 aromatic rings. The number of fused-ring (bicyclic) bond motifs is 2. The molecule has 0 atom stereocenters. The number of hydrogen-bond acceptors (Lipinski definition) is 2. The van der Waals surface area contributed by atoms with E-state index in [-0.39, 0.29) is 5.69 Å². The van der Waals surface area contributed by atoms with E-state index in [1.54, 1.807) is 11.6 Å². The summed E-state index contributed by atoms with van der Waals surface area (Å²) in [6.45, 7) is 4.21. The van der Waals surface area contributed by atoms with Crippen molar-refractivity contribution in [1.82, 2.24) is 14.3 Å². The Balaban J connectivity index is 2.22. The third kappa shape index (κ3) is 1.53. The average Bonchev–Trinajstić information content (AvgIpc) is 2.48. The van der Waals surface area contributed by atoms with E-state index in [4.69, 9.17) is 0 Å². The number of hydrogen-bond donors (Lipinski definition) is 0. The molecule has 0 saturated carbocycles. The van der Waals surface area contributed by atoms with Crippen LogP contribution in [0.4, 0.5) is 0 Å². The first-order valence-corrected chi connectivity index (χ1v) is 5.99. The van der Waals surface area contributed by atoms with Gasteiger partial charge in [0.1, 0.15) is 5.82 Å². The third-order valence-electron chi connectivity index (χ3n) is 3.53. The summed E-state index contributed by atoms with van der Waals surface area (Å²) in [6, 6.07) is 4.35. The van der Waals surface area contributed by atoms with Gasteiger partial charge in [0, 0.05) is 19.7 Å². The van der Waals surface area contributed by atoms with Crippen LogP contribution in [-0.4, -0.2) is 14.3 Å². The Labute approximate surface area is 105 Å². The van der Waals surface area contributed by atoms with Gasteiger partial charge in [0.25, 0.3) is 0 Å². The normalized spacial score (nSPS) is 13.1. The largest absolute Gasteiger partial charge is 0.349 e. The van der Waals surface area contributed by atoms with Crippen LogP contribution in [0.2, 0.25) is 0 Å². The van der Waals surface area contributed by atoms with Crippen LogP contribution in [0.5, 0.6) is 0 Å². The molecular formula is C14H15N3O. The highest BCUT2D eigenvalue weighted by molar-refractivity contribution is 5.66. The van der Waals surface area contributed by atoms with E-state index in [2.05, 4.69) is 31.1 Å². The van der Waals surface area contributed by atoms with Gasteiger partial charge in [0.2, 0.25) is 0 Å². The quantitative estimate of drug-likeness (QED) is 0.601. The van der Waals surface area contributed by atoms with Gasteiger partial charge in [-0.2, -0.15) is 5.10 Å². The van der Waals surface area contributed by atoms with Crippen LogP contribution in [0.1, 0.15) is 28.1 Å². The van der Waals surface area contributed by atoms with Crippen LogP contribution in [0, 0.1) is 13.8 Å². The lowest BCUT2D eigenvalue weighted by molar-refractivity contribution is 0.721. The maximum absolute atomic E-state index is 11.9. The molecule has 0 bridgehead atoms. The maximum atomic E-state index is 11.9. The van der Waals surface area contributed by atoms with Crippen LogP contribution in [0.25, 0.3) is 12.3 Å². The molecule has 0 aliphatic carbocycles. The highest BCUT2D eigenvalue weighted by atomic mass is 16.2. The smallest absolute Gasteiger partial charge is 0.253 e. The van der Waals surface area contributed by atoms with E-state index in [0.29, 0.717) is 6.42 Å². The lowest BCUT2D eigenvalue weighted by atomic mass is 9.98. The van der Waals surface area contributed by atoms with Crippen molar-refractivity contribution >= 4 is 12.3 Å². The van der Waals surface area contributed by atoms with Crippen LogP contribution in [-0.2, 0) is 13.5 Å². The second kappa shape index (κ2) is 3.70. The zero-order valence-electron chi connectivity index (χ0n) is 10.8. The Kier molecular flexibility index (Phi) is 2.26. The summed E-state index contributed by atoms with van der Waals surface area (Å²) in [5.41, 5.74) is 4.84. The van der Waals surface area contributed by atoms with Crippen molar-refractivity contribution in [1.29, 1.82) is 0 Å². The predicted octanol–water partition coefficient (Wildman–Crippen LogP) is 1.73. The Morgan fingerprint density at radius 3 is 2.72 bits per heavy atom. The SMILES string of the molecule is Cc1cc2c(cc1C)Cc1nn(C)c(=O)n1C=C2. The molecule has 0 radical (unpaired) electrons. The van der Waals surface area contributed by atoms with Gasteiger partial charge in [-0.3, -0.25) is 4.57 Å². The summed E-state index contributed by atoms with van der Waals surface area (Å²) in [5, 5.41) is 4.28. The van der Waals surface area contributed by atoms with Crippen molar-refractivity contribution in [2.24, 2.45) is 7.05 Å². The van der Waals surface area contributed by atoms with Gasteiger partial charge in [0.15, 0.2) is 0 Å². The summed E-state index contributed by atoms with van der Waals surface area (Å²) < 4.78 is 3.00. The molecule has 1 aromatic heterocycles. The topological polar surface area (TPSA) is 39.8 Å². The minimum absolute atomic E-state index is 0.0949. The van der Waals surface area contributed by atoms with E-state index in [1.807, 2.05) is 12.3 Å². The number of aryl methyl sites for hydroxylation is 3. The van der Waals surface area contributed by atoms with Crippen molar-refractivity contribution in [3.63, 3.8) is 0 Å². The molecule has 3 rings (SSSR count). The molecule has 1 aliphatic heterocycles. The van der Waals surface area contributed by atoms with Gasteiger partial charge in [-0.15, -0.1) is 0 Å². The minimum atomic E-state index is -0.0949. The van der Waals surface area contributed by atoms with Gasteiger partial charge < -0.3 is 0 Å². The second-order valence-corrected chi connectivity index (χ2v) is 4.82. The molecule has 0 saturated heterocycles. The molecule has 4 nitrogen and oxygen atoms in total. The monoisotopic (exact) mass is 241 g/mol. The van der Waals surface area contributed by atoms with Crippen LogP contribution < -0.4 is 5.69 Å². The lowest BCUT2D eigenvalue weighted by Crippen LogP contribution is -2.19. The standard InChI is InChI=1S/C14H15N3O/c1-9-6-11-4-5-17-13(15-16(3)14(17)18)8-12(11)7-10(9)2/h4-7H,8H2,1-3H3. The lowest BCUT2D eigenvalue weighted by Gasteiger charge is -2.07. The van der Waals surface area contributed by atoms with E-state index in [0.717, 1.165) is 5.82 Å². The predicted molar refractivity (Wildman–Crippen MR) is 71.4 cm³/mol. The molecule has 2 heterocycles. The van der Waals surface area contributed by atoms with Crippen molar-refractivity contribution in [2.45, 2.75) is 20.3 Å². The Bertz CT molecular complexity index is 719. The first-order chi connectivity index (χ1) is 8.56. The Morgan fingerprint density at radius 2 is 1.94 bits per heavy atom. The summed E-state index contributed by atoms with van der Waals surface area (Å²) in [7, 11) is 1.68. The molecule has 1 aliphatic rings. The third-order valence-corrected chi connectivity index (χ3v) is 3.53. The zero-order valence-corrected chi connectivity index (χ0v) is 10.8. The van der Waals surface area contributed by atoms with Gasteiger partial charge >= 0.3 is 5.69 Å². The van der Waals surface area contributed by atoms with E-state index >= 15 is 0 Å². The van der Waals surface area contributed by atoms with Crippen molar-refractivity contribution < 1.29 is 0 Å². The molecule has 0 N–H and O–H groups in total. The molecule has 0 unspecified atom stereocenters. The van der Waals surface area contributed by atoms with Crippen LogP contribution in [0.3, 0.4) is 0 Å².